The van der Waals surface area contributed by atoms with Crippen LogP contribution in [-0.2, 0) is 17.6 Å². The van der Waals surface area contributed by atoms with Crippen molar-refractivity contribution in [3.05, 3.63) is 34.4 Å². The molecule has 0 amide bonds. The molecule has 0 unspecified atom stereocenters. The van der Waals surface area contributed by atoms with Crippen LogP contribution < -0.4 is 0 Å². The molecule has 1 rings (SSSR count). The summed E-state index contributed by atoms with van der Waals surface area (Å²) >= 11 is 0. The largest absolute Gasteiger partial charge is 0.481 e. The third-order valence-corrected chi connectivity index (χ3v) is 2.48. The lowest BCUT2D eigenvalue weighted by Crippen LogP contribution is -2.08. The van der Waals surface area contributed by atoms with Crippen LogP contribution in [0.3, 0.4) is 0 Å². The second kappa shape index (κ2) is 5.39. The van der Waals surface area contributed by atoms with Crippen molar-refractivity contribution in [2.45, 2.75) is 26.2 Å². The van der Waals surface area contributed by atoms with Gasteiger partial charge in [0.05, 0.1) is 18.1 Å². The molecule has 0 heterocycles. The van der Waals surface area contributed by atoms with Crippen LogP contribution >= 0.6 is 0 Å². The van der Waals surface area contributed by atoms with Gasteiger partial charge in [0.2, 0.25) is 0 Å². The van der Waals surface area contributed by atoms with E-state index in [0.717, 1.165) is 0 Å². The number of nitrogens with zero attached hydrogens (tertiary/aromatic N) is 1. The number of halogens is 2. The highest BCUT2D eigenvalue weighted by Crippen LogP contribution is 2.30. The minimum Gasteiger partial charge on any atom is -0.481 e. The monoisotopic (exact) mass is 239 g/mol. The summed E-state index contributed by atoms with van der Waals surface area (Å²) < 4.78 is 25.9. The lowest BCUT2D eigenvalue weighted by molar-refractivity contribution is -0.136. The average Bonchev–Trinajstić information content (AvgIpc) is 2.26. The molecule has 0 spiro atoms. The van der Waals surface area contributed by atoms with Crippen LogP contribution in [0.2, 0.25) is 0 Å². The Kier molecular flexibility index (Phi) is 4.16. The normalized spacial score (nSPS) is 10.3. The van der Waals surface area contributed by atoms with Crippen LogP contribution in [0.25, 0.3) is 0 Å². The highest BCUT2D eigenvalue weighted by molar-refractivity contribution is 5.71. The minimum atomic E-state index is -2.77. The van der Waals surface area contributed by atoms with Crippen molar-refractivity contribution in [3.8, 4) is 6.07 Å². The van der Waals surface area contributed by atoms with Gasteiger partial charge in [-0.05, 0) is 23.6 Å². The van der Waals surface area contributed by atoms with Gasteiger partial charge in [0.1, 0.15) is 0 Å². The van der Waals surface area contributed by atoms with Crippen molar-refractivity contribution < 1.29 is 18.7 Å². The SMILES string of the molecule is CCc1c(C#N)ccc(CC(=O)O)c1C(F)F. The number of aliphatic carboxylic acids is 1. The number of nitriles is 1. The van der Waals surface area contributed by atoms with E-state index in [0.29, 0.717) is 0 Å². The number of hydrogen-bond acceptors (Lipinski definition) is 2. The van der Waals surface area contributed by atoms with E-state index in [4.69, 9.17) is 10.4 Å². The molecule has 0 bridgehead atoms. The summed E-state index contributed by atoms with van der Waals surface area (Å²) in [6, 6.07) is 4.52. The number of alkyl halides is 2. The summed E-state index contributed by atoms with van der Waals surface area (Å²) in [6.07, 6.45) is -2.96. The fourth-order valence-corrected chi connectivity index (χ4v) is 1.79. The molecule has 17 heavy (non-hydrogen) atoms. The van der Waals surface area contributed by atoms with Gasteiger partial charge in [0, 0.05) is 5.56 Å². The van der Waals surface area contributed by atoms with E-state index in [-0.39, 0.29) is 28.7 Å². The van der Waals surface area contributed by atoms with Gasteiger partial charge in [0.25, 0.3) is 6.43 Å². The molecule has 1 aromatic carbocycles. The second-order valence-electron chi connectivity index (χ2n) is 3.50. The summed E-state index contributed by atoms with van der Waals surface area (Å²) in [7, 11) is 0. The molecule has 0 saturated carbocycles. The number of rotatable bonds is 4. The molecule has 0 aliphatic rings. The molecule has 90 valence electrons. The zero-order valence-corrected chi connectivity index (χ0v) is 9.20. The van der Waals surface area contributed by atoms with Crippen LogP contribution in [0.4, 0.5) is 8.78 Å². The zero-order valence-electron chi connectivity index (χ0n) is 9.20. The van der Waals surface area contributed by atoms with Crippen LogP contribution in [-0.4, -0.2) is 11.1 Å². The first kappa shape index (κ1) is 13.1. The summed E-state index contributed by atoms with van der Waals surface area (Å²) in [5.41, 5.74) is 0.176. The zero-order chi connectivity index (χ0) is 13.0. The molecule has 3 nitrogen and oxygen atoms in total. The predicted molar refractivity (Wildman–Crippen MR) is 56.8 cm³/mol. The number of benzene rings is 1. The molecular formula is C12H11F2NO2. The van der Waals surface area contributed by atoms with Crippen LogP contribution in [0, 0.1) is 11.3 Å². The Morgan fingerprint density at radius 1 is 1.53 bits per heavy atom. The maximum atomic E-state index is 12.9. The highest BCUT2D eigenvalue weighted by atomic mass is 19.3. The van der Waals surface area contributed by atoms with E-state index >= 15 is 0 Å². The lowest BCUT2D eigenvalue weighted by atomic mass is 9.93. The highest BCUT2D eigenvalue weighted by Gasteiger charge is 2.21. The molecule has 0 fully saturated rings. The first-order valence-corrected chi connectivity index (χ1v) is 5.05. The van der Waals surface area contributed by atoms with Crippen LogP contribution in [0.5, 0.6) is 0 Å². The smallest absolute Gasteiger partial charge is 0.307 e. The second-order valence-corrected chi connectivity index (χ2v) is 3.50. The molecule has 0 saturated heterocycles. The van der Waals surface area contributed by atoms with Crippen LogP contribution in [0.15, 0.2) is 12.1 Å². The van der Waals surface area contributed by atoms with Gasteiger partial charge in [-0.3, -0.25) is 4.79 Å². The maximum Gasteiger partial charge on any atom is 0.307 e. The van der Waals surface area contributed by atoms with Gasteiger partial charge in [-0.1, -0.05) is 13.0 Å². The molecule has 5 heteroatoms. The lowest BCUT2D eigenvalue weighted by Gasteiger charge is -2.13. The van der Waals surface area contributed by atoms with Gasteiger partial charge in [0.15, 0.2) is 0 Å². The molecule has 0 atom stereocenters. The Labute approximate surface area is 97.3 Å². The van der Waals surface area contributed by atoms with Gasteiger partial charge in [-0.25, -0.2) is 8.78 Å². The maximum absolute atomic E-state index is 12.9. The van der Waals surface area contributed by atoms with E-state index in [2.05, 4.69) is 0 Å². The first-order chi connectivity index (χ1) is 8.01. The third-order valence-electron chi connectivity index (χ3n) is 2.48. The van der Waals surface area contributed by atoms with Crippen LogP contribution in [0.1, 0.15) is 35.6 Å². The molecule has 0 aliphatic heterocycles. The van der Waals surface area contributed by atoms with Gasteiger partial charge < -0.3 is 5.11 Å². The standard InChI is InChI=1S/C12H11F2NO2/c1-2-9-8(6-15)4-3-7(5-10(16)17)11(9)12(13)14/h3-4,12H,2,5H2,1H3,(H,16,17). The van der Waals surface area contributed by atoms with Gasteiger partial charge in [-0.2, -0.15) is 5.26 Å². The molecule has 0 radical (unpaired) electrons. The quantitative estimate of drug-likeness (QED) is 0.878. The van der Waals surface area contributed by atoms with Crippen molar-refractivity contribution in [2.75, 3.05) is 0 Å². The summed E-state index contributed by atoms with van der Waals surface area (Å²) in [5.74, 6) is -1.17. The number of carboxylic acid groups (broad SMARTS) is 1. The molecule has 1 N–H and O–H groups in total. The Morgan fingerprint density at radius 2 is 2.18 bits per heavy atom. The predicted octanol–water partition coefficient (Wildman–Crippen LogP) is 2.69. The van der Waals surface area contributed by atoms with E-state index in [9.17, 15) is 13.6 Å². The first-order valence-electron chi connectivity index (χ1n) is 5.05. The van der Waals surface area contributed by atoms with E-state index in [1.807, 2.05) is 6.07 Å². The number of hydrogen-bond donors (Lipinski definition) is 1. The Hall–Kier alpha value is -1.96. The number of carboxylic acids is 1. The fourth-order valence-electron chi connectivity index (χ4n) is 1.79. The Morgan fingerprint density at radius 3 is 2.59 bits per heavy atom. The summed E-state index contributed by atoms with van der Waals surface area (Å²) in [6.45, 7) is 1.66. The third kappa shape index (κ3) is 2.78. The molecule has 1 aromatic rings. The topological polar surface area (TPSA) is 61.1 Å². The van der Waals surface area contributed by atoms with Crippen molar-refractivity contribution in [1.29, 1.82) is 5.26 Å². The van der Waals surface area contributed by atoms with E-state index in [1.165, 1.54) is 12.1 Å². The van der Waals surface area contributed by atoms with Crippen molar-refractivity contribution in [2.24, 2.45) is 0 Å². The average molecular weight is 239 g/mol. The minimum absolute atomic E-state index is 0.0725. The van der Waals surface area contributed by atoms with E-state index in [1.54, 1.807) is 6.92 Å². The molecule has 0 aliphatic carbocycles. The van der Waals surface area contributed by atoms with E-state index < -0.39 is 18.8 Å². The van der Waals surface area contributed by atoms with Crippen molar-refractivity contribution in [3.63, 3.8) is 0 Å². The van der Waals surface area contributed by atoms with Crippen molar-refractivity contribution in [1.82, 2.24) is 0 Å². The van der Waals surface area contributed by atoms with Gasteiger partial charge in [-0.15, -0.1) is 0 Å². The summed E-state index contributed by atoms with van der Waals surface area (Å²) in [4.78, 5) is 10.6. The Bertz CT molecular complexity index is 478. The molecule has 0 aromatic heterocycles. The molecular weight excluding hydrogens is 228 g/mol. The number of carbonyl (C=O) groups is 1. The summed E-state index contributed by atoms with van der Waals surface area (Å²) in [5, 5.41) is 17.5. The fraction of sp³-hybridized carbons (Fsp3) is 0.333. The van der Waals surface area contributed by atoms with Gasteiger partial charge >= 0.3 is 5.97 Å². The van der Waals surface area contributed by atoms with Crippen molar-refractivity contribution >= 4 is 5.97 Å². The Balaban J connectivity index is 3.43.